The molecule has 0 amide bonds. The van der Waals surface area contributed by atoms with Crippen molar-refractivity contribution in [3.05, 3.63) is 29.8 Å². The number of hydrogen-bond donors (Lipinski definition) is 4. The first-order valence-corrected chi connectivity index (χ1v) is 8.55. The molecule has 0 spiro atoms. The Bertz CT molecular complexity index is 638. The van der Waals surface area contributed by atoms with E-state index in [1.54, 1.807) is 17.8 Å². The third-order valence-corrected chi connectivity index (χ3v) is 3.70. The molecule has 1 aromatic carbocycles. The molecule has 0 aromatic heterocycles. The quantitative estimate of drug-likeness (QED) is 0.306. The van der Waals surface area contributed by atoms with Crippen molar-refractivity contribution in [2.75, 3.05) is 5.75 Å². The highest BCUT2D eigenvalue weighted by Gasteiger charge is 2.02. The Kier molecular flexibility index (Phi) is 6.46. The SMILES string of the molecule is NC(N)=Nc1cccc(CSCCC(N)=NS(N)(=O)=O)c1. The maximum absolute atomic E-state index is 10.7. The van der Waals surface area contributed by atoms with Crippen LogP contribution in [-0.2, 0) is 16.0 Å². The number of amidine groups is 1. The van der Waals surface area contributed by atoms with Crippen LogP contribution in [0.3, 0.4) is 0 Å². The van der Waals surface area contributed by atoms with Crippen LogP contribution in [0.15, 0.2) is 33.7 Å². The lowest BCUT2D eigenvalue weighted by Crippen LogP contribution is -2.21. The minimum Gasteiger partial charge on any atom is -0.386 e. The van der Waals surface area contributed by atoms with Crippen LogP contribution in [0.2, 0.25) is 0 Å². The van der Waals surface area contributed by atoms with Crippen LogP contribution in [0, 0.1) is 0 Å². The van der Waals surface area contributed by atoms with Gasteiger partial charge in [-0.25, -0.2) is 10.1 Å². The van der Waals surface area contributed by atoms with Gasteiger partial charge in [-0.2, -0.15) is 20.2 Å². The Morgan fingerprint density at radius 1 is 1.24 bits per heavy atom. The minimum atomic E-state index is -3.91. The predicted octanol–water partition coefficient (Wildman–Crippen LogP) is -0.224. The Hall–Kier alpha value is -1.78. The molecule has 0 fully saturated rings. The van der Waals surface area contributed by atoms with Crippen molar-refractivity contribution < 1.29 is 8.42 Å². The van der Waals surface area contributed by atoms with E-state index in [1.807, 2.05) is 18.2 Å². The molecule has 10 heteroatoms. The average Bonchev–Trinajstić information content (AvgIpc) is 2.32. The van der Waals surface area contributed by atoms with Crippen LogP contribution in [0.4, 0.5) is 5.69 Å². The molecule has 0 unspecified atom stereocenters. The highest BCUT2D eigenvalue weighted by Crippen LogP contribution is 2.18. The lowest BCUT2D eigenvalue weighted by atomic mass is 10.2. The van der Waals surface area contributed by atoms with Gasteiger partial charge in [-0.05, 0) is 17.7 Å². The summed E-state index contributed by atoms with van der Waals surface area (Å²) in [5.41, 5.74) is 17.8. The molecule has 1 rings (SSSR count). The van der Waals surface area contributed by atoms with E-state index in [1.165, 1.54) is 0 Å². The van der Waals surface area contributed by atoms with Crippen molar-refractivity contribution in [1.29, 1.82) is 0 Å². The second kappa shape index (κ2) is 7.86. The van der Waals surface area contributed by atoms with Gasteiger partial charge in [0, 0.05) is 17.9 Å². The van der Waals surface area contributed by atoms with E-state index >= 15 is 0 Å². The molecule has 0 radical (unpaired) electrons. The Balaban J connectivity index is 2.47. The van der Waals surface area contributed by atoms with Gasteiger partial charge < -0.3 is 17.2 Å². The standard InChI is InChI=1S/C11H18N6O2S2/c12-10(17-21(15,18)19)4-5-20-7-8-2-1-3-9(6-8)16-11(13)14/h1-3,6H,4-5,7H2,(H2,12,17)(H4,13,14,16)(H2,15,18,19). The third-order valence-electron chi connectivity index (χ3n) is 2.18. The molecule has 21 heavy (non-hydrogen) atoms. The van der Waals surface area contributed by atoms with Gasteiger partial charge in [0.05, 0.1) is 5.69 Å². The molecule has 0 heterocycles. The lowest BCUT2D eigenvalue weighted by molar-refractivity contribution is 0.599. The third kappa shape index (κ3) is 8.17. The van der Waals surface area contributed by atoms with E-state index in [2.05, 4.69) is 9.39 Å². The number of nitrogens with two attached hydrogens (primary N) is 4. The van der Waals surface area contributed by atoms with E-state index < -0.39 is 10.2 Å². The maximum Gasteiger partial charge on any atom is 0.318 e. The van der Waals surface area contributed by atoms with Gasteiger partial charge in [-0.15, -0.1) is 4.40 Å². The second-order valence-corrected chi connectivity index (χ2v) is 6.42. The van der Waals surface area contributed by atoms with Crippen LogP contribution >= 0.6 is 11.8 Å². The minimum absolute atomic E-state index is 0.000689. The summed E-state index contributed by atoms with van der Waals surface area (Å²) in [6.07, 6.45) is 0.342. The Labute approximate surface area is 127 Å². The summed E-state index contributed by atoms with van der Waals surface area (Å²) in [6, 6.07) is 7.47. The van der Waals surface area contributed by atoms with Gasteiger partial charge in [-0.3, -0.25) is 0 Å². The molecule has 8 N–H and O–H groups in total. The smallest absolute Gasteiger partial charge is 0.318 e. The fourth-order valence-corrected chi connectivity index (χ4v) is 2.77. The predicted molar refractivity (Wildman–Crippen MR) is 87.4 cm³/mol. The molecule has 8 nitrogen and oxygen atoms in total. The number of rotatable bonds is 7. The maximum atomic E-state index is 10.7. The number of nitrogens with zero attached hydrogens (tertiary/aromatic N) is 2. The first-order chi connectivity index (χ1) is 9.76. The molecule has 0 aliphatic carbocycles. The van der Waals surface area contributed by atoms with Gasteiger partial charge in [0.15, 0.2) is 5.96 Å². The van der Waals surface area contributed by atoms with E-state index in [0.29, 0.717) is 17.9 Å². The lowest BCUT2D eigenvalue weighted by Gasteiger charge is -2.03. The highest BCUT2D eigenvalue weighted by atomic mass is 32.2. The number of benzene rings is 1. The van der Waals surface area contributed by atoms with E-state index in [-0.39, 0.29) is 11.8 Å². The first kappa shape index (κ1) is 17.3. The molecular formula is C11H18N6O2S2. The summed E-state index contributed by atoms with van der Waals surface area (Å²) in [4.78, 5) is 3.96. The van der Waals surface area contributed by atoms with Crippen molar-refractivity contribution in [2.45, 2.75) is 12.2 Å². The van der Waals surface area contributed by atoms with Crippen molar-refractivity contribution in [3.63, 3.8) is 0 Å². The molecule has 116 valence electrons. The van der Waals surface area contributed by atoms with Crippen molar-refractivity contribution >= 4 is 39.5 Å². The largest absolute Gasteiger partial charge is 0.386 e. The molecule has 0 saturated carbocycles. The van der Waals surface area contributed by atoms with Crippen molar-refractivity contribution in [1.82, 2.24) is 0 Å². The number of aliphatic imine (C=N–C) groups is 1. The summed E-state index contributed by atoms with van der Waals surface area (Å²) in [7, 11) is -3.91. The van der Waals surface area contributed by atoms with Gasteiger partial charge in [0.2, 0.25) is 0 Å². The normalized spacial score (nSPS) is 12.1. The van der Waals surface area contributed by atoms with Crippen LogP contribution in [0.1, 0.15) is 12.0 Å². The molecule has 0 saturated heterocycles. The number of guanidine groups is 1. The first-order valence-electron chi connectivity index (χ1n) is 5.89. The van der Waals surface area contributed by atoms with Crippen LogP contribution < -0.4 is 22.3 Å². The van der Waals surface area contributed by atoms with Crippen molar-refractivity contribution in [2.24, 2.45) is 31.7 Å². The molecular weight excluding hydrogens is 312 g/mol. The van der Waals surface area contributed by atoms with Gasteiger partial charge in [-0.1, -0.05) is 12.1 Å². The topological polar surface area (TPSA) is 163 Å². The Morgan fingerprint density at radius 2 is 1.95 bits per heavy atom. The molecule has 1 aromatic rings. The van der Waals surface area contributed by atoms with E-state index in [9.17, 15) is 8.42 Å². The highest BCUT2D eigenvalue weighted by molar-refractivity contribution is 7.98. The number of hydrogen-bond acceptors (Lipinski definition) is 4. The Morgan fingerprint density at radius 3 is 2.57 bits per heavy atom. The fourth-order valence-electron chi connectivity index (χ4n) is 1.44. The summed E-state index contributed by atoms with van der Waals surface area (Å²) in [6.45, 7) is 0. The van der Waals surface area contributed by atoms with E-state index in [0.717, 1.165) is 11.3 Å². The monoisotopic (exact) mass is 330 g/mol. The number of thioether (sulfide) groups is 1. The van der Waals surface area contributed by atoms with Crippen LogP contribution in [0.5, 0.6) is 0 Å². The summed E-state index contributed by atoms with van der Waals surface area (Å²) in [5, 5.41) is 4.75. The summed E-state index contributed by atoms with van der Waals surface area (Å²) in [5.74, 6) is 1.35. The van der Waals surface area contributed by atoms with E-state index in [4.69, 9.17) is 22.3 Å². The molecule has 0 atom stereocenters. The molecule has 0 bridgehead atoms. The van der Waals surface area contributed by atoms with Crippen molar-refractivity contribution in [3.8, 4) is 0 Å². The average molecular weight is 330 g/mol. The zero-order valence-electron chi connectivity index (χ0n) is 11.3. The summed E-state index contributed by atoms with van der Waals surface area (Å²) >= 11 is 1.58. The van der Waals surface area contributed by atoms with Crippen LogP contribution in [0.25, 0.3) is 0 Å². The summed E-state index contributed by atoms with van der Waals surface area (Å²) < 4.78 is 24.6. The molecule has 0 aliphatic rings. The fraction of sp³-hybridized carbons (Fsp3) is 0.273. The van der Waals surface area contributed by atoms with Crippen LogP contribution in [-0.4, -0.2) is 26.0 Å². The molecule has 0 aliphatic heterocycles. The zero-order chi connectivity index (χ0) is 15.9. The van der Waals surface area contributed by atoms with Gasteiger partial charge in [0.25, 0.3) is 0 Å². The van der Waals surface area contributed by atoms with Gasteiger partial charge in [0.1, 0.15) is 5.84 Å². The van der Waals surface area contributed by atoms with Gasteiger partial charge >= 0.3 is 10.2 Å². The second-order valence-electron chi connectivity index (χ2n) is 4.11. The zero-order valence-corrected chi connectivity index (χ0v) is 12.9.